The van der Waals surface area contributed by atoms with Crippen LogP contribution in [0.25, 0.3) is 0 Å². The molecule has 5 nitrogen and oxygen atoms in total. The molecule has 1 atom stereocenters. The van der Waals surface area contributed by atoms with Crippen LogP contribution in [0.15, 0.2) is 0 Å². The third kappa shape index (κ3) is 29.8. The van der Waals surface area contributed by atoms with Crippen LogP contribution in [0.1, 0.15) is 26.7 Å². The second kappa shape index (κ2) is 23.0. The zero-order valence-corrected chi connectivity index (χ0v) is 9.06. The van der Waals surface area contributed by atoms with E-state index < -0.39 is 6.79 Å². The number of hydrogen-bond acceptors (Lipinski definition) is 5. The van der Waals surface area contributed by atoms with Crippen molar-refractivity contribution >= 4 is 0 Å². The maximum Gasteiger partial charge on any atom is 0.140 e. The van der Waals surface area contributed by atoms with Gasteiger partial charge >= 0.3 is 0 Å². The molecule has 0 fully saturated rings. The van der Waals surface area contributed by atoms with E-state index in [0.29, 0.717) is 5.92 Å². The summed E-state index contributed by atoms with van der Waals surface area (Å²) in [5.41, 5.74) is 0. The number of aliphatic hydroxyl groups is 5. The molecule has 0 aromatic rings. The molecule has 90 valence electrons. The molecule has 5 heteroatoms. The van der Waals surface area contributed by atoms with Gasteiger partial charge in [0.1, 0.15) is 6.79 Å². The Hall–Kier alpha value is -0.200. The van der Waals surface area contributed by atoms with Crippen molar-refractivity contribution in [2.75, 3.05) is 26.6 Å². The van der Waals surface area contributed by atoms with Gasteiger partial charge in [-0.05, 0) is 19.3 Å². The standard InChI is InChI=1S/C6H14O2.C2H6O.CH4O2/c1-2-6(5-8)3-4-7;1-2-3;2-1-3/h6-8H,2-5H2,1H3;3H,2H2,1H3;2-3H,1H2. The molecule has 0 radical (unpaired) electrons. The van der Waals surface area contributed by atoms with E-state index in [0.717, 1.165) is 12.8 Å². The quantitative estimate of drug-likeness (QED) is 0.397. The average Bonchev–Trinajstić information content (AvgIpc) is 2.17. The van der Waals surface area contributed by atoms with E-state index in [-0.39, 0.29) is 19.8 Å². The van der Waals surface area contributed by atoms with Gasteiger partial charge < -0.3 is 25.5 Å². The molecule has 0 aliphatic heterocycles. The Morgan fingerprint density at radius 2 is 1.29 bits per heavy atom. The highest BCUT2D eigenvalue weighted by Gasteiger charge is 2.00. The molecule has 0 aliphatic carbocycles. The summed E-state index contributed by atoms with van der Waals surface area (Å²) in [5, 5.41) is 38.8. The van der Waals surface area contributed by atoms with E-state index >= 15 is 0 Å². The predicted octanol–water partition coefficient (Wildman–Crippen LogP) is -0.686. The van der Waals surface area contributed by atoms with Gasteiger partial charge in [0.2, 0.25) is 0 Å². The van der Waals surface area contributed by atoms with Gasteiger partial charge in [0.25, 0.3) is 0 Å². The molecular weight excluding hydrogens is 188 g/mol. The van der Waals surface area contributed by atoms with E-state index in [1.54, 1.807) is 6.92 Å². The van der Waals surface area contributed by atoms with Crippen LogP contribution in [0.3, 0.4) is 0 Å². The van der Waals surface area contributed by atoms with E-state index in [1.165, 1.54) is 0 Å². The first-order valence-electron chi connectivity index (χ1n) is 4.72. The van der Waals surface area contributed by atoms with Gasteiger partial charge in [0, 0.05) is 19.8 Å². The lowest BCUT2D eigenvalue weighted by Gasteiger charge is -2.06. The van der Waals surface area contributed by atoms with Crippen molar-refractivity contribution in [1.82, 2.24) is 0 Å². The highest BCUT2D eigenvalue weighted by Crippen LogP contribution is 2.04. The SMILES string of the molecule is CCC(CO)CCO.CCO.OCO. The Morgan fingerprint density at radius 3 is 1.36 bits per heavy atom. The van der Waals surface area contributed by atoms with Crippen molar-refractivity contribution in [2.24, 2.45) is 5.92 Å². The van der Waals surface area contributed by atoms with Crippen LogP contribution >= 0.6 is 0 Å². The Bertz CT molecular complexity index is 64.2. The fourth-order valence-electron chi connectivity index (χ4n) is 0.607. The van der Waals surface area contributed by atoms with Crippen LogP contribution in [-0.4, -0.2) is 52.1 Å². The summed E-state index contributed by atoms with van der Waals surface area (Å²) in [5.74, 6) is 0.306. The fraction of sp³-hybridized carbons (Fsp3) is 1.00. The van der Waals surface area contributed by atoms with Crippen LogP contribution in [0, 0.1) is 5.92 Å². The van der Waals surface area contributed by atoms with Crippen molar-refractivity contribution < 1.29 is 25.5 Å². The van der Waals surface area contributed by atoms with Gasteiger partial charge in [-0.1, -0.05) is 13.3 Å². The molecule has 0 amide bonds. The van der Waals surface area contributed by atoms with Crippen molar-refractivity contribution in [2.45, 2.75) is 26.7 Å². The van der Waals surface area contributed by atoms with Crippen LogP contribution in [0.2, 0.25) is 0 Å². The lowest BCUT2D eigenvalue weighted by molar-refractivity contribution is 0.0773. The zero-order chi connectivity index (χ0) is 11.8. The summed E-state index contributed by atoms with van der Waals surface area (Å²) in [4.78, 5) is 0. The molecule has 0 aromatic carbocycles. The molecule has 5 N–H and O–H groups in total. The van der Waals surface area contributed by atoms with Crippen LogP contribution in [-0.2, 0) is 0 Å². The lowest BCUT2D eigenvalue weighted by Crippen LogP contribution is -2.05. The smallest absolute Gasteiger partial charge is 0.140 e. The molecule has 0 bridgehead atoms. The molecule has 14 heavy (non-hydrogen) atoms. The van der Waals surface area contributed by atoms with Crippen molar-refractivity contribution in [1.29, 1.82) is 0 Å². The Kier molecular flexibility index (Phi) is 31.9. The lowest BCUT2D eigenvalue weighted by atomic mass is 10.1. The number of rotatable bonds is 4. The largest absolute Gasteiger partial charge is 0.397 e. The van der Waals surface area contributed by atoms with Crippen molar-refractivity contribution in [3.05, 3.63) is 0 Å². The van der Waals surface area contributed by atoms with Crippen LogP contribution in [0.4, 0.5) is 0 Å². The topological polar surface area (TPSA) is 101 Å². The fourth-order valence-corrected chi connectivity index (χ4v) is 0.607. The van der Waals surface area contributed by atoms with Gasteiger partial charge in [0.05, 0.1) is 0 Å². The Morgan fingerprint density at radius 1 is 0.929 bits per heavy atom. The summed E-state index contributed by atoms with van der Waals surface area (Å²) < 4.78 is 0. The molecule has 0 aliphatic rings. The molecule has 0 rings (SSSR count). The molecular formula is C9H24O5. The van der Waals surface area contributed by atoms with E-state index in [1.807, 2.05) is 6.92 Å². The maximum absolute atomic E-state index is 8.55. The molecule has 0 saturated heterocycles. The summed E-state index contributed by atoms with van der Waals surface area (Å²) >= 11 is 0. The van der Waals surface area contributed by atoms with Gasteiger partial charge in [-0.15, -0.1) is 0 Å². The number of hydrogen-bond donors (Lipinski definition) is 5. The maximum atomic E-state index is 8.55. The minimum absolute atomic E-state index is 0.194. The molecule has 0 heterocycles. The minimum Gasteiger partial charge on any atom is -0.397 e. The Labute approximate surface area is 85.6 Å². The molecule has 0 aromatic heterocycles. The van der Waals surface area contributed by atoms with E-state index in [2.05, 4.69) is 0 Å². The minimum atomic E-state index is -0.750. The van der Waals surface area contributed by atoms with Crippen LogP contribution < -0.4 is 0 Å². The van der Waals surface area contributed by atoms with Crippen molar-refractivity contribution in [3.63, 3.8) is 0 Å². The van der Waals surface area contributed by atoms with Gasteiger partial charge in [-0.3, -0.25) is 0 Å². The third-order valence-electron chi connectivity index (χ3n) is 1.37. The van der Waals surface area contributed by atoms with E-state index in [4.69, 9.17) is 25.5 Å². The third-order valence-corrected chi connectivity index (χ3v) is 1.37. The highest BCUT2D eigenvalue weighted by molar-refractivity contribution is 4.52. The monoisotopic (exact) mass is 212 g/mol. The van der Waals surface area contributed by atoms with Gasteiger partial charge in [-0.2, -0.15) is 0 Å². The summed E-state index contributed by atoms with van der Waals surface area (Å²) in [6.07, 6.45) is 1.68. The summed E-state index contributed by atoms with van der Waals surface area (Å²) in [7, 11) is 0. The first-order valence-corrected chi connectivity index (χ1v) is 4.72. The van der Waals surface area contributed by atoms with Gasteiger partial charge in [0.15, 0.2) is 0 Å². The van der Waals surface area contributed by atoms with Crippen molar-refractivity contribution in [3.8, 4) is 0 Å². The first-order chi connectivity index (χ1) is 6.67. The number of aliphatic hydroxyl groups excluding tert-OH is 4. The Balaban J connectivity index is -0.000000168. The molecule has 1 unspecified atom stereocenters. The normalized spacial score (nSPS) is 10.5. The van der Waals surface area contributed by atoms with E-state index in [9.17, 15) is 0 Å². The zero-order valence-electron chi connectivity index (χ0n) is 9.06. The molecule has 0 spiro atoms. The van der Waals surface area contributed by atoms with Gasteiger partial charge in [-0.25, -0.2) is 0 Å². The first kappa shape index (κ1) is 19.4. The second-order valence-electron chi connectivity index (χ2n) is 2.43. The molecule has 0 saturated carbocycles. The van der Waals surface area contributed by atoms with Crippen LogP contribution in [0.5, 0.6) is 0 Å². The highest BCUT2D eigenvalue weighted by atomic mass is 16.5. The summed E-state index contributed by atoms with van der Waals surface area (Å²) in [6, 6.07) is 0. The second-order valence-corrected chi connectivity index (χ2v) is 2.43. The average molecular weight is 212 g/mol. The summed E-state index contributed by atoms with van der Waals surface area (Å²) in [6.45, 7) is 3.59. The predicted molar refractivity (Wildman–Crippen MR) is 54.6 cm³/mol.